The summed E-state index contributed by atoms with van der Waals surface area (Å²) in [7, 11) is 1.27. The van der Waals surface area contributed by atoms with E-state index in [1.165, 1.54) is 25.3 Å². The Balaban J connectivity index is 2.99. The minimum atomic E-state index is -0.520. The van der Waals surface area contributed by atoms with E-state index < -0.39 is 5.97 Å². The molecule has 0 atom stereocenters. The molecule has 0 saturated carbocycles. The Kier molecular flexibility index (Phi) is 4.31. The van der Waals surface area contributed by atoms with Gasteiger partial charge in [-0.3, -0.25) is 4.79 Å². The third-order valence-electron chi connectivity index (χ3n) is 2.10. The van der Waals surface area contributed by atoms with Gasteiger partial charge in [-0.25, -0.2) is 4.79 Å². The number of benzene rings is 1. The van der Waals surface area contributed by atoms with Gasteiger partial charge in [-0.15, -0.1) is 11.6 Å². The molecule has 0 aliphatic carbocycles. The van der Waals surface area contributed by atoms with Crippen LogP contribution in [0.2, 0.25) is 0 Å². The number of ketones is 1. The molecule has 0 saturated heterocycles. The van der Waals surface area contributed by atoms with Crippen molar-refractivity contribution in [2.45, 2.75) is 6.42 Å². The van der Waals surface area contributed by atoms with Crippen molar-refractivity contribution in [2.24, 2.45) is 0 Å². The average molecular weight is 242 g/mol. The first-order valence-corrected chi connectivity index (χ1v) is 5.20. The van der Waals surface area contributed by atoms with Crippen molar-refractivity contribution in [3.05, 3.63) is 29.3 Å². The highest BCUT2D eigenvalue weighted by Crippen LogP contribution is 2.16. The molecule has 1 aromatic rings. The lowest BCUT2D eigenvalue weighted by molar-refractivity contribution is 0.0601. The van der Waals surface area contributed by atoms with Gasteiger partial charge in [0.2, 0.25) is 0 Å². The van der Waals surface area contributed by atoms with E-state index in [1.54, 1.807) is 0 Å². The van der Waals surface area contributed by atoms with Crippen LogP contribution in [0.3, 0.4) is 0 Å². The first-order chi connectivity index (χ1) is 7.60. The Morgan fingerprint density at radius 3 is 2.62 bits per heavy atom. The van der Waals surface area contributed by atoms with Gasteiger partial charge in [0, 0.05) is 23.6 Å². The molecule has 1 aromatic carbocycles. The molecule has 0 aromatic heterocycles. The van der Waals surface area contributed by atoms with E-state index in [2.05, 4.69) is 4.74 Å². The maximum Gasteiger partial charge on any atom is 0.339 e. The number of Topliss-reactive ketones (excluding diaryl/α,β-unsaturated/α-hetero) is 1. The molecular weight excluding hydrogens is 230 g/mol. The fourth-order valence-corrected chi connectivity index (χ4v) is 1.43. The molecular formula is C11H12ClNO3. The second kappa shape index (κ2) is 5.51. The average Bonchev–Trinajstić information content (AvgIpc) is 2.28. The van der Waals surface area contributed by atoms with Gasteiger partial charge in [0.05, 0.1) is 12.7 Å². The number of rotatable bonds is 4. The molecule has 1 rings (SSSR count). The summed E-state index contributed by atoms with van der Waals surface area (Å²) in [4.78, 5) is 22.7. The summed E-state index contributed by atoms with van der Waals surface area (Å²) < 4.78 is 4.54. The maximum absolute atomic E-state index is 11.5. The van der Waals surface area contributed by atoms with Crippen LogP contribution >= 0.6 is 11.6 Å². The number of ether oxygens (including phenoxy) is 1. The first kappa shape index (κ1) is 12.5. The highest BCUT2D eigenvalue weighted by molar-refractivity contribution is 6.19. The van der Waals surface area contributed by atoms with E-state index in [-0.39, 0.29) is 29.3 Å². The lowest BCUT2D eigenvalue weighted by atomic mass is 10.0. The van der Waals surface area contributed by atoms with Crippen LogP contribution in [0, 0.1) is 0 Å². The molecule has 0 bridgehead atoms. The summed E-state index contributed by atoms with van der Waals surface area (Å²) >= 11 is 5.46. The molecule has 4 nitrogen and oxygen atoms in total. The van der Waals surface area contributed by atoms with Crippen molar-refractivity contribution < 1.29 is 14.3 Å². The molecule has 0 amide bonds. The van der Waals surface area contributed by atoms with Crippen LogP contribution in [0.25, 0.3) is 0 Å². The second-order valence-corrected chi connectivity index (χ2v) is 3.53. The van der Waals surface area contributed by atoms with E-state index in [0.717, 1.165) is 0 Å². The number of hydrogen-bond acceptors (Lipinski definition) is 4. The van der Waals surface area contributed by atoms with Crippen LogP contribution in [0.5, 0.6) is 0 Å². The zero-order valence-electron chi connectivity index (χ0n) is 8.83. The normalized spacial score (nSPS) is 9.88. The maximum atomic E-state index is 11.5. The minimum absolute atomic E-state index is 0.0990. The smallest absolute Gasteiger partial charge is 0.339 e. The monoisotopic (exact) mass is 241 g/mol. The zero-order valence-corrected chi connectivity index (χ0v) is 9.58. The number of nitrogens with two attached hydrogens (primary N) is 1. The zero-order chi connectivity index (χ0) is 12.1. The summed E-state index contributed by atoms with van der Waals surface area (Å²) in [6.07, 6.45) is 0.249. The van der Waals surface area contributed by atoms with Crippen molar-refractivity contribution in [3.8, 4) is 0 Å². The van der Waals surface area contributed by atoms with Crippen LogP contribution in [0.15, 0.2) is 18.2 Å². The number of esters is 1. The van der Waals surface area contributed by atoms with Gasteiger partial charge in [0.1, 0.15) is 0 Å². The molecule has 0 spiro atoms. The number of carbonyl (C=O) groups is 2. The van der Waals surface area contributed by atoms with Gasteiger partial charge < -0.3 is 10.5 Å². The molecule has 0 fully saturated rings. The molecule has 2 N–H and O–H groups in total. The lowest BCUT2D eigenvalue weighted by Crippen LogP contribution is -2.08. The third kappa shape index (κ3) is 2.73. The Bertz CT molecular complexity index is 418. The second-order valence-electron chi connectivity index (χ2n) is 3.16. The van der Waals surface area contributed by atoms with Crippen molar-refractivity contribution >= 4 is 29.0 Å². The Hall–Kier alpha value is -1.55. The predicted molar refractivity (Wildman–Crippen MR) is 61.9 cm³/mol. The van der Waals surface area contributed by atoms with Crippen LogP contribution < -0.4 is 5.73 Å². The Morgan fingerprint density at radius 1 is 1.44 bits per heavy atom. The largest absolute Gasteiger partial charge is 0.465 e. The van der Waals surface area contributed by atoms with Crippen molar-refractivity contribution in [3.63, 3.8) is 0 Å². The van der Waals surface area contributed by atoms with Crippen LogP contribution in [-0.2, 0) is 4.74 Å². The van der Waals surface area contributed by atoms with E-state index >= 15 is 0 Å². The van der Waals surface area contributed by atoms with Crippen LogP contribution in [-0.4, -0.2) is 24.7 Å². The number of nitrogen functional groups attached to an aromatic ring is 1. The number of anilines is 1. The van der Waals surface area contributed by atoms with Gasteiger partial charge in [-0.05, 0) is 12.1 Å². The fraction of sp³-hybridized carbons (Fsp3) is 0.273. The van der Waals surface area contributed by atoms with E-state index in [9.17, 15) is 9.59 Å². The van der Waals surface area contributed by atoms with Crippen molar-refractivity contribution in [1.29, 1.82) is 0 Å². The summed E-state index contributed by atoms with van der Waals surface area (Å²) in [5, 5.41) is 0. The van der Waals surface area contributed by atoms with E-state index in [0.29, 0.717) is 5.56 Å². The molecule has 5 heteroatoms. The number of hydrogen-bond donors (Lipinski definition) is 1. The highest BCUT2D eigenvalue weighted by atomic mass is 35.5. The molecule has 86 valence electrons. The number of halogens is 1. The van der Waals surface area contributed by atoms with Crippen molar-refractivity contribution in [1.82, 2.24) is 0 Å². The summed E-state index contributed by atoms with van der Waals surface area (Å²) in [5.41, 5.74) is 6.58. The summed E-state index contributed by atoms with van der Waals surface area (Å²) in [6, 6.07) is 4.47. The Labute approximate surface area is 98.3 Å². The SMILES string of the molecule is COC(=O)c1ccc(C(=O)CCCl)cc1N. The quantitative estimate of drug-likeness (QED) is 0.378. The molecule has 0 radical (unpaired) electrons. The summed E-state index contributed by atoms with van der Waals surface area (Å²) in [5.74, 6) is -0.357. The number of methoxy groups -OCH3 is 1. The number of carbonyl (C=O) groups excluding carboxylic acids is 2. The van der Waals surface area contributed by atoms with Gasteiger partial charge in [-0.2, -0.15) is 0 Å². The van der Waals surface area contributed by atoms with E-state index in [1.807, 2.05) is 0 Å². The Morgan fingerprint density at radius 2 is 2.12 bits per heavy atom. The lowest BCUT2D eigenvalue weighted by Gasteiger charge is -2.05. The summed E-state index contributed by atoms with van der Waals surface area (Å²) in [6.45, 7) is 0. The van der Waals surface area contributed by atoms with Crippen LogP contribution in [0.1, 0.15) is 27.1 Å². The molecule has 16 heavy (non-hydrogen) atoms. The van der Waals surface area contributed by atoms with E-state index in [4.69, 9.17) is 17.3 Å². The predicted octanol–water partition coefficient (Wildman–Crippen LogP) is 1.87. The number of alkyl halides is 1. The molecule has 0 heterocycles. The molecule has 0 aliphatic heterocycles. The third-order valence-corrected chi connectivity index (χ3v) is 2.29. The standard InChI is InChI=1S/C11H12ClNO3/c1-16-11(15)8-3-2-7(6-9(8)13)10(14)4-5-12/h2-3,6H,4-5,13H2,1H3. The molecule has 0 aliphatic rings. The van der Waals surface area contributed by atoms with Gasteiger partial charge in [0.15, 0.2) is 5.78 Å². The van der Waals surface area contributed by atoms with Crippen molar-refractivity contribution in [2.75, 3.05) is 18.7 Å². The van der Waals surface area contributed by atoms with Gasteiger partial charge in [-0.1, -0.05) is 6.07 Å². The van der Waals surface area contributed by atoms with Gasteiger partial charge in [0.25, 0.3) is 0 Å². The molecule has 0 unspecified atom stereocenters. The minimum Gasteiger partial charge on any atom is -0.465 e. The van der Waals surface area contributed by atoms with Gasteiger partial charge >= 0.3 is 5.97 Å². The fourth-order valence-electron chi connectivity index (χ4n) is 1.26. The van der Waals surface area contributed by atoms with Crippen LogP contribution in [0.4, 0.5) is 5.69 Å². The highest BCUT2D eigenvalue weighted by Gasteiger charge is 2.12. The topological polar surface area (TPSA) is 69.4 Å². The first-order valence-electron chi connectivity index (χ1n) is 4.67.